The fourth-order valence-corrected chi connectivity index (χ4v) is 6.95. The summed E-state index contributed by atoms with van der Waals surface area (Å²) in [6.45, 7) is 10.4. The molecular formula is C26H31BrN8OS. The highest BCUT2D eigenvalue weighted by Crippen LogP contribution is 2.38. The molecular weight excluding hydrogens is 552 g/mol. The smallest absolute Gasteiger partial charge is 0.267 e. The summed E-state index contributed by atoms with van der Waals surface area (Å²) in [6, 6.07) is 6.94. The minimum atomic E-state index is -0.102. The van der Waals surface area contributed by atoms with Gasteiger partial charge in [-0.1, -0.05) is 25.2 Å². The first-order chi connectivity index (χ1) is 17.8. The molecule has 3 atom stereocenters. The van der Waals surface area contributed by atoms with Crippen molar-refractivity contribution in [1.29, 1.82) is 5.26 Å². The SMILES string of the molecule is CC[C@H]1CN(C(C)c2ccc3nc(C)sc3n2)[C@H](CC)CN1c1c(Br)c(=O)n(C)c2cn(CC#N)nc12. The van der Waals surface area contributed by atoms with E-state index in [0.29, 0.717) is 4.47 Å². The zero-order chi connectivity index (χ0) is 26.4. The lowest BCUT2D eigenvalue weighted by Gasteiger charge is -2.49. The Labute approximate surface area is 228 Å². The number of hydrogen-bond donors (Lipinski definition) is 0. The molecule has 37 heavy (non-hydrogen) atoms. The number of nitriles is 1. The lowest BCUT2D eigenvalue weighted by molar-refractivity contribution is 0.0992. The van der Waals surface area contributed by atoms with Gasteiger partial charge in [-0.3, -0.25) is 14.4 Å². The topological polar surface area (TPSA) is 95.9 Å². The summed E-state index contributed by atoms with van der Waals surface area (Å²) in [5.41, 5.74) is 4.21. The van der Waals surface area contributed by atoms with E-state index in [9.17, 15) is 10.1 Å². The van der Waals surface area contributed by atoms with Gasteiger partial charge in [0.15, 0.2) is 0 Å². The largest absolute Gasteiger partial charge is 0.363 e. The van der Waals surface area contributed by atoms with Crippen molar-refractivity contribution >= 4 is 54.3 Å². The third kappa shape index (κ3) is 4.45. The number of nitrogens with zero attached hydrogens (tertiary/aromatic N) is 8. The number of aryl methyl sites for hydroxylation is 2. The average molecular weight is 584 g/mol. The van der Waals surface area contributed by atoms with Crippen LogP contribution in [0.4, 0.5) is 5.69 Å². The highest BCUT2D eigenvalue weighted by molar-refractivity contribution is 9.10. The Morgan fingerprint density at radius 2 is 1.97 bits per heavy atom. The monoisotopic (exact) mass is 582 g/mol. The molecule has 11 heteroatoms. The fraction of sp³-hybridized carbons (Fsp3) is 0.500. The Bertz CT molecular complexity index is 1570. The molecule has 0 bridgehead atoms. The molecule has 1 aliphatic heterocycles. The maximum absolute atomic E-state index is 13.2. The maximum atomic E-state index is 13.2. The van der Waals surface area contributed by atoms with Gasteiger partial charge < -0.3 is 9.47 Å². The molecule has 4 aromatic heterocycles. The highest BCUT2D eigenvalue weighted by Gasteiger charge is 2.38. The van der Waals surface area contributed by atoms with Gasteiger partial charge in [0.25, 0.3) is 5.56 Å². The molecule has 1 fully saturated rings. The summed E-state index contributed by atoms with van der Waals surface area (Å²) >= 11 is 5.26. The molecule has 4 aromatic rings. The maximum Gasteiger partial charge on any atom is 0.267 e. The van der Waals surface area contributed by atoms with E-state index in [0.717, 1.165) is 63.7 Å². The van der Waals surface area contributed by atoms with Gasteiger partial charge in [0.05, 0.1) is 34.2 Å². The van der Waals surface area contributed by atoms with Crippen molar-refractivity contribution in [3.63, 3.8) is 0 Å². The summed E-state index contributed by atoms with van der Waals surface area (Å²) in [5, 5.41) is 15.0. The molecule has 0 radical (unpaired) electrons. The summed E-state index contributed by atoms with van der Waals surface area (Å²) in [6.07, 6.45) is 3.67. The van der Waals surface area contributed by atoms with Crippen LogP contribution in [-0.2, 0) is 13.6 Å². The van der Waals surface area contributed by atoms with Crippen LogP contribution in [-0.4, -0.2) is 54.4 Å². The average Bonchev–Trinajstić information content (AvgIpc) is 3.48. The van der Waals surface area contributed by atoms with E-state index in [1.54, 1.807) is 33.8 Å². The molecule has 0 N–H and O–H groups in total. The second-order valence-electron chi connectivity index (χ2n) is 9.69. The minimum absolute atomic E-state index is 0.102. The Balaban J connectivity index is 1.54. The van der Waals surface area contributed by atoms with Gasteiger partial charge in [-0.05, 0) is 54.8 Å². The zero-order valence-corrected chi connectivity index (χ0v) is 24.2. The molecule has 5 rings (SSSR count). The lowest BCUT2D eigenvalue weighted by Crippen LogP contribution is -2.59. The Kier molecular flexibility index (Phi) is 7.09. The third-order valence-corrected chi connectivity index (χ3v) is 9.13. The Morgan fingerprint density at radius 1 is 1.22 bits per heavy atom. The molecule has 1 aliphatic rings. The Morgan fingerprint density at radius 3 is 2.68 bits per heavy atom. The molecule has 0 aliphatic carbocycles. The van der Waals surface area contributed by atoms with Gasteiger partial charge in [0, 0.05) is 38.3 Å². The van der Waals surface area contributed by atoms with Crippen molar-refractivity contribution < 1.29 is 0 Å². The molecule has 0 spiro atoms. The normalized spacial score (nSPS) is 19.5. The van der Waals surface area contributed by atoms with Crippen molar-refractivity contribution in [2.75, 3.05) is 18.0 Å². The summed E-state index contributed by atoms with van der Waals surface area (Å²) < 4.78 is 3.73. The number of anilines is 1. The molecule has 5 heterocycles. The van der Waals surface area contributed by atoms with Crippen LogP contribution < -0.4 is 10.5 Å². The number of halogens is 1. The number of pyridine rings is 2. The van der Waals surface area contributed by atoms with Gasteiger partial charge in [0.1, 0.15) is 26.9 Å². The van der Waals surface area contributed by atoms with E-state index < -0.39 is 0 Å². The van der Waals surface area contributed by atoms with Crippen molar-refractivity contribution in [3.8, 4) is 6.07 Å². The second kappa shape index (κ2) is 10.2. The first-order valence-electron chi connectivity index (χ1n) is 12.7. The fourth-order valence-electron chi connectivity index (χ4n) is 5.48. The van der Waals surface area contributed by atoms with E-state index in [-0.39, 0.29) is 30.2 Å². The number of aromatic nitrogens is 5. The molecule has 1 unspecified atom stereocenters. The summed E-state index contributed by atoms with van der Waals surface area (Å²) in [7, 11) is 1.75. The van der Waals surface area contributed by atoms with Crippen LogP contribution in [0.1, 0.15) is 50.4 Å². The zero-order valence-electron chi connectivity index (χ0n) is 21.8. The van der Waals surface area contributed by atoms with Crippen LogP contribution in [0.15, 0.2) is 27.6 Å². The van der Waals surface area contributed by atoms with Crippen molar-refractivity contribution in [3.05, 3.63) is 43.9 Å². The predicted octanol–water partition coefficient (Wildman–Crippen LogP) is 4.77. The number of thiazole rings is 1. The number of fused-ring (bicyclic) bond motifs is 2. The molecule has 0 aromatic carbocycles. The second-order valence-corrected chi connectivity index (χ2v) is 11.7. The van der Waals surface area contributed by atoms with Crippen LogP contribution in [0.5, 0.6) is 0 Å². The highest BCUT2D eigenvalue weighted by atomic mass is 79.9. The third-order valence-electron chi connectivity index (χ3n) is 7.54. The molecule has 9 nitrogen and oxygen atoms in total. The van der Waals surface area contributed by atoms with E-state index in [2.05, 4.69) is 69.7 Å². The van der Waals surface area contributed by atoms with Crippen LogP contribution in [0.25, 0.3) is 21.4 Å². The number of rotatable bonds is 6. The van der Waals surface area contributed by atoms with Crippen LogP contribution in [0, 0.1) is 18.3 Å². The molecule has 194 valence electrons. The van der Waals surface area contributed by atoms with Gasteiger partial charge in [-0.2, -0.15) is 10.4 Å². The van der Waals surface area contributed by atoms with Crippen LogP contribution in [0.3, 0.4) is 0 Å². The minimum Gasteiger partial charge on any atom is -0.363 e. The molecule has 0 amide bonds. The van der Waals surface area contributed by atoms with Crippen LogP contribution >= 0.6 is 27.3 Å². The lowest BCUT2D eigenvalue weighted by atomic mass is 9.98. The van der Waals surface area contributed by atoms with Gasteiger partial charge in [-0.15, -0.1) is 0 Å². The first-order valence-corrected chi connectivity index (χ1v) is 14.3. The van der Waals surface area contributed by atoms with E-state index >= 15 is 0 Å². The molecule has 1 saturated heterocycles. The standard InChI is InChI=1S/C26H31BrN8OS/c1-6-17-13-35(24-22(27)26(36)32(5)21-14-33(11-10-28)31-23(21)24)18(7-2)12-34(17)15(3)19-8-9-20-25(30-19)37-16(4)29-20/h8-9,14-15,17-18H,6-7,11-13H2,1-5H3/t15?,17-,18+/m1/s1. The number of piperazine rings is 1. The van der Waals surface area contributed by atoms with Crippen molar-refractivity contribution in [1.82, 2.24) is 29.2 Å². The first kappa shape index (κ1) is 25.8. The van der Waals surface area contributed by atoms with E-state index in [1.165, 1.54) is 0 Å². The van der Waals surface area contributed by atoms with Crippen molar-refractivity contribution in [2.45, 2.75) is 65.2 Å². The van der Waals surface area contributed by atoms with E-state index in [1.807, 2.05) is 6.92 Å². The predicted molar refractivity (Wildman–Crippen MR) is 151 cm³/mol. The summed E-state index contributed by atoms with van der Waals surface area (Å²) in [5.74, 6) is 0. The van der Waals surface area contributed by atoms with Gasteiger partial charge >= 0.3 is 0 Å². The quantitative estimate of drug-likeness (QED) is 0.323. The Hall–Kier alpha value is -2.81. The van der Waals surface area contributed by atoms with E-state index in [4.69, 9.17) is 10.1 Å². The summed E-state index contributed by atoms with van der Waals surface area (Å²) in [4.78, 5) is 28.6. The van der Waals surface area contributed by atoms with Gasteiger partial charge in [0.2, 0.25) is 0 Å². The number of hydrogen-bond acceptors (Lipinski definition) is 8. The molecule has 0 saturated carbocycles. The van der Waals surface area contributed by atoms with Crippen molar-refractivity contribution in [2.24, 2.45) is 7.05 Å². The van der Waals surface area contributed by atoms with Gasteiger partial charge in [-0.25, -0.2) is 9.97 Å². The van der Waals surface area contributed by atoms with Crippen LogP contribution in [0.2, 0.25) is 0 Å².